The molecule has 7 aromatic carbocycles. The van der Waals surface area contributed by atoms with Crippen LogP contribution in [0.1, 0.15) is 0 Å². The zero-order chi connectivity index (χ0) is 29.7. The number of rotatable bonds is 5. The molecule has 0 amide bonds. The van der Waals surface area contributed by atoms with Crippen molar-refractivity contribution in [3.05, 3.63) is 158 Å². The molecule has 0 unspecified atom stereocenters. The van der Waals surface area contributed by atoms with Crippen LogP contribution in [-0.2, 0) is 0 Å². The summed E-state index contributed by atoms with van der Waals surface area (Å²) in [5.41, 5.74) is 9.55. The summed E-state index contributed by atoms with van der Waals surface area (Å²) in [6.07, 6.45) is 0. The maximum absolute atomic E-state index is 6.47. The van der Waals surface area contributed by atoms with Gasteiger partial charge >= 0.3 is 0 Å². The molecule has 0 radical (unpaired) electrons. The lowest BCUT2D eigenvalue weighted by atomic mass is 10.0. The third-order valence-corrected chi connectivity index (χ3v) is 8.47. The molecule has 0 aliphatic carbocycles. The number of anilines is 3. The van der Waals surface area contributed by atoms with Gasteiger partial charge in [-0.05, 0) is 53.6 Å². The molecule has 0 fully saturated rings. The monoisotopic (exact) mass is 578 g/mol. The number of aromatic nitrogens is 1. The molecule has 0 aliphatic heterocycles. The summed E-state index contributed by atoms with van der Waals surface area (Å²) in [5.74, 6) is 0.606. The first-order valence-electron chi connectivity index (χ1n) is 15.0. The van der Waals surface area contributed by atoms with Crippen molar-refractivity contribution < 1.29 is 8.83 Å². The van der Waals surface area contributed by atoms with Gasteiger partial charge in [0.1, 0.15) is 16.7 Å². The lowest BCUT2D eigenvalue weighted by Gasteiger charge is -2.27. The van der Waals surface area contributed by atoms with E-state index in [0.717, 1.165) is 77.6 Å². The van der Waals surface area contributed by atoms with E-state index in [9.17, 15) is 0 Å². The van der Waals surface area contributed by atoms with Crippen LogP contribution in [0.3, 0.4) is 0 Å². The zero-order valence-electron chi connectivity index (χ0n) is 24.2. The summed E-state index contributed by atoms with van der Waals surface area (Å²) in [7, 11) is 0. The molecule has 4 nitrogen and oxygen atoms in total. The van der Waals surface area contributed by atoms with Crippen molar-refractivity contribution >= 4 is 60.9 Å². The fraction of sp³-hybridized carbons (Fsp3) is 0. The number of nitrogens with zero attached hydrogens (tertiary/aromatic N) is 2. The minimum atomic E-state index is 0.606. The highest BCUT2D eigenvalue weighted by molar-refractivity contribution is 6.13. The lowest BCUT2D eigenvalue weighted by Crippen LogP contribution is -2.10. The van der Waals surface area contributed by atoms with Crippen molar-refractivity contribution in [2.45, 2.75) is 0 Å². The second kappa shape index (κ2) is 10.2. The van der Waals surface area contributed by atoms with Crippen molar-refractivity contribution in [1.82, 2.24) is 4.98 Å². The standard InChI is InChI=1S/C41H26N2O2/c1-3-12-27(13-4-1)29-16-11-17-30(24-29)43(31-22-23-34-33-19-9-10-21-37(33)44-38(34)25-31)36-26-39-40(35-20-8-7-18-32(35)36)42-41(45-39)28-14-5-2-6-15-28/h1-26H. The van der Waals surface area contributed by atoms with Gasteiger partial charge in [-0.15, -0.1) is 0 Å². The first-order chi connectivity index (χ1) is 22.3. The molecule has 9 rings (SSSR count). The first-order valence-corrected chi connectivity index (χ1v) is 15.0. The zero-order valence-corrected chi connectivity index (χ0v) is 24.2. The van der Waals surface area contributed by atoms with Gasteiger partial charge < -0.3 is 13.7 Å². The average Bonchev–Trinajstić information content (AvgIpc) is 3.71. The van der Waals surface area contributed by atoms with Crippen molar-refractivity contribution in [3.63, 3.8) is 0 Å². The Balaban J connectivity index is 1.31. The molecule has 0 aliphatic rings. The Morgan fingerprint density at radius 1 is 0.400 bits per heavy atom. The predicted molar refractivity (Wildman–Crippen MR) is 184 cm³/mol. The summed E-state index contributed by atoms with van der Waals surface area (Å²) < 4.78 is 12.8. The highest BCUT2D eigenvalue weighted by atomic mass is 16.3. The van der Waals surface area contributed by atoms with Gasteiger partial charge in [0.15, 0.2) is 5.58 Å². The minimum absolute atomic E-state index is 0.606. The van der Waals surface area contributed by atoms with E-state index in [1.807, 2.05) is 48.5 Å². The number of benzene rings is 7. The van der Waals surface area contributed by atoms with Gasteiger partial charge in [-0.3, -0.25) is 0 Å². The van der Waals surface area contributed by atoms with E-state index in [4.69, 9.17) is 13.8 Å². The molecule has 0 saturated heterocycles. The van der Waals surface area contributed by atoms with Crippen LogP contribution in [-0.4, -0.2) is 4.98 Å². The quantitative estimate of drug-likeness (QED) is 0.204. The molecule has 0 spiro atoms. The predicted octanol–water partition coefficient (Wildman–Crippen LogP) is 11.7. The number of hydrogen-bond donors (Lipinski definition) is 0. The van der Waals surface area contributed by atoms with Crippen LogP contribution in [0.4, 0.5) is 17.1 Å². The van der Waals surface area contributed by atoms with Gasteiger partial charge in [0.05, 0.1) is 5.69 Å². The number of furan rings is 1. The Morgan fingerprint density at radius 3 is 1.87 bits per heavy atom. The van der Waals surface area contributed by atoms with Gasteiger partial charge in [-0.1, -0.05) is 103 Å². The Bertz CT molecular complexity index is 2490. The molecule has 212 valence electrons. The SMILES string of the molecule is c1ccc(-c2cccc(N(c3ccc4c(c3)oc3ccccc34)c3cc4oc(-c5ccccc5)nc4c4ccccc34)c2)cc1. The Labute approximate surface area is 259 Å². The van der Waals surface area contributed by atoms with Crippen molar-refractivity contribution in [2.24, 2.45) is 0 Å². The molecule has 9 aromatic rings. The number of fused-ring (bicyclic) bond motifs is 6. The number of hydrogen-bond acceptors (Lipinski definition) is 4. The van der Waals surface area contributed by atoms with Crippen molar-refractivity contribution in [2.75, 3.05) is 4.90 Å². The summed E-state index contributed by atoms with van der Waals surface area (Å²) in [6.45, 7) is 0. The average molecular weight is 579 g/mol. The van der Waals surface area contributed by atoms with Crippen LogP contribution in [0.2, 0.25) is 0 Å². The third-order valence-electron chi connectivity index (χ3n) is 8.47. The maximum Gasteiger partial charge on any atom is 0.227 e. The normalized spacial score (nSPS) is 11.6. The van der Waals surface area contributed by atoms with Crippen LogP contribution in [0.25, 0.3) is 66.4 Å². The molecule has 2 aromatic heterocycles. The lowest BCUT2D eigenvalue weighted by molar-refractivity contribution is 0.620. The topological polar surface area (TPSA) is 42.4 Å². The highest BCUT2D eigenvalue weighted by Crippen LogP contribution is 2.44. The Hall–Kier alpha value is -6.13. The van der Waals surface area contributed by atoms with Crippen molar-refractivity contribution in [3.8, 4) is 22.6 Å². The van der Waals surface area contributed by atoms with Gasteiger partial charge in [0, 0.05) is 50.6 Å². The summed E-state index contributed by atoms with van der Waals surface area (Å²) in [5, 5.41) is 4.31. The summed E-state index contributed by atoms with van der Waals surface area (Å²) in [6, 6.07) is 54.4. The van der Waals surface area contributed by atoms with E-state index < -0.39 is 0 Å². The van der Waals surface area contributed by atoms with Crippen molar-refractivity contribution in [1.29, 1.82) is 0 Å². The molecular weight excluding hydrogens is 552 g/mol. The van der Waals surface area contributed by atoms with Crippen LogP contribution in [0, 0.1) is 0 Å². The summed E-state index contributed by atoms with van der Waals surface area (Å²) >= 11 is 0. The number of oxazole rings is 1. The smallest absolute Gasteiger partial charge is 0.227 e. The summed E-state index contributed by atoms with van der Waals surface area (Å²) in [4.78, 5) is 7.27. The molecule has 0 saturated carbocycles. The molecule has 0 N–H and O–H groups in total. The van der Waals surface area contributed by atoms with E-state index in [1.54, 1.807) is 0 Å². The van der Waals surface area contributed by atoms with Gasteiger partial charge in [-0.25, -0.2) is 4.98 Å². The van der Waals surface area contributed by atoms with E-state index >= 15 is 0 Å². The molecule has 0 bridgehead atoms. The molecule has 45 heavy (non-hydrogen) atoms. The third kappa shape index (κ3) is 4.27. The molecule has 2 heterocycles. The molecule has 0 atom stereocenters. The Morgan fingerprint density at radius 2 is 1.04 bits per heavy atom. The maximum atomic E-state index is 6.47. The second-order valence-electron chi connectivity index (χ2n) is 11.2. The van der Waals surface area contributed by atoms with Crippen LogP contribution >= 0.6 is 0 Å². The molecule has 4 heteroatoms. The second-order valence-corrected chi connectivity index (χ2v) is 11.2. The van der Waals surface area contributed by atoms with E-state index in [2.05, 4.69) is 114 Å². The fourth-order valence-corrected chi connectivity index (χ4v) is 6.36. The van der Waals surface area contributed by atoms with E-state index in [0.29, 0.717) is 5.89 Å². The van der Waals surface area contributed by atoms with Gasteiger partial charge in [0.25, 0.3) is 0 Å². The van der Waals surface area contributed by atoms with Gasteiger partial charge in [-0.2, -0.15) is 0 Å². The van der Waals surface area contributed by atoms with E-state index in [1.165, 1.54) is 0 Å². The Kier molecular flexibility index (Phi) is 5.78. The number of para-hydroxylation sites is 1. The fourth-order valence-electron chi connectivity index (χ4n) is 6.36. The minimum Gasteiger partial charge on any atom is -0.456 e. The van der Waals surface area contributed by atoms with Gasteiger partial charge in [0.2, 0.25) is 5.89 Å². The van der Waals surface area contributed by atoms with Crippen LogP contribution < -0.4 is 4.90 Å². The van der Waals surface area contributed by atoms with Crippen LogP contribution in [0.15, 0.2) is 167 Å². The molecular formula is C41H26N2O2. The largest absolute Gasteiger partial charge is 0.456 e. The highest BCUT2D eigenvalue weighted by Gasteiger charge is 2.22. The van der Waals surface area contributed by atoms with E-state index in [-0.39, 0.29) is 0 Å². The van der Waals surface area contributed by atoms with Crippen LogP contribution in [0.5, 0.6) is 0 Å². The first kappa shape index (κ1) is 25.4.